The predicted molar refractivity (Wildman–Crippen MR) is 105 cm³/mol. The average molecular weight is 386 g/mol. The van der Waals surface area contributed by atoms with Crippen molar-refractivity contribution >= 4 is 29.4 Å². The van der Waals surface area contributed by atoms with Crippen LogP contribution in [-0.2, 0) is 17.6 Å². The standard InChI is InChI=1S/C20H22N2O4S/c1-2-13-5-8-17-15(9-13)10-18(27-17)20(25)22-21-11-14-3-6-16(7-4-14)26-12-19(23)24/h3-4,6-7,10-11,13H,2,5,8-9,12H2,1H3,(H,22,25)(H,23,24)/b21-11-/t13-/m1/s1. The quantitative estimate of drug-likeness (QED) is 0.563. The van der Waals surface area contributed by atoms with Crippen molar-refractivity contribution in [1.29, 1.82) is 0 Å². The van der Waals surface area contributed by atoms with Crippen LogP contribution in [0, 0.1) is 5.92 Å². The fourth-order valence-electron chi connectivity index (χ4n) is 3.08. The van der Waals surface area contributed by atoms with E-state index >= 15 is 0 Å². The van der Waals surface area contributed by atoms with Gasteiger partial charge in [0, 0.05) is 4.88 Å². The molecule has 1 aliphatic rings. The minimum absolute atomic E-state index is 0.194. The number of hydrogen-bond donors (Lipinski definition) is 2. The van der Waals surface area contributed by atoms with Gasteiger partial charge in [0.15, 0.2) is 6.61 Å². The molecule has 1 aromatic carbocycles. The van der Waals surface area contributed by atoms with E-state index in [-0.39, 0.29) is 12.5 Å². The molecule has 0 unspecified atom stereocenters. The van der Waals surface area contributed by atoms with Gasteiger partial charge in [-0.3, -0.25) is 4.79 Å². The molecule has 142 valence electrons. The number of hydrazone groups is 1. The van der Waals surface area contributed by atoms with Gasteiger partial charge in [0.05, 0.1) is 11.1 Å². The maximum Gasteiger partial charge on any atom is 0.341 e. The fraction of sp³-hybridized carbons (Fsp3) is 0.350. The molecule has 1 atom stereocenters. The van der Waals surface area contributed by atoms with Gasteiger partial charge in [-0.1, -0.05) is 13.3 Å². The van der Waals surface area contributed by atoms with Crippen molar-refractivity contribution in [3.8, 4) is 5.75 Å². The topological polar surface area (TPSA) is 88.0 Å². The first-order valence-electron chi connectivity index (χ1n) is 8.94. The Bertz CT molecular complexity index is 842. The monoisotopic (exact) mass is 386 g/mol. The Labute approximate surface area is 161 Å². The largest absolute Gasteiger partial charge is 0.482 e. The van der Waals surface area contributed by atoms with Crippen LogP contribution < -0.4 is 10.2 Å². The summed E-state index contributed by atoms with van der Waals surface area (Å²) in [5.74, 6) is -0.0273. The van der Waals surface area contributed by atoms with Gasteiger partial charge in [-0.2, -0.15) is 5.10 Å². The number of carboxylic acid groups (broad SMARTS) is 1. The zero-order chi connectivity index (χ0) is 19.2. The Morgan fingerprint density at radius 1 is 1.37 bits per heavy atom. The van der Waals surface area contributed by atoms with Gasteiger partial charge in [-0.25, -0.2) is 10.2 Å². The number of amides is 1. The van der Waals surface area contributed by atoms with Gasteiger partial charge in [0.25, 0.3) is 5.91 Å². The number of carboxylic acids is 1. The summed E-state index contributed by atoms with van der Waals surface area (Å²) in [4.78, 5) is 24.8. The highest BCUT2D eigenvalue weighted by Crippen LogP contribution is 2.33. The molecular formula is C20H22N2O4S. The maximum absolute atomic E-state index is 12.3. The third-order valence-corrected chi connectivity index (χ3v) is 5.84. The molecule has 0 bridgehead atoms. The molecule has 0 saturated carbocycles. The molecule has 0 spiro atoms. The van der Waals surface area contributed by atoms with E-state index in [2.05, 4.69) is 17.5 Å². The number of benzene rings is 1. The van der Waals surface area contributed by atoms with E-state index < -0.39 is 5.97 Å². The van der Waals surface area contributed by atoms with Gasteiger partial charge >= 0.3 is 5.97 Å². The van der Waals surface area contributed by atoms with E-state index in [0.29, 0.717) is 10.6 Å². The minimum Gasteiger partial charge on any atom is -0.482 e. The number of aryl methyl sites for hydroxylation is 1. The lowest BCUT2D eigenvalue weighted by Crippen LogP contribution is -2.16. The minimum atomic E-state index is -1.02. The molecule has 3 rings (SSSR count). The molecule has 1 heterocycles. The van der Waals surface area contributed by atoms with Crippen LogP contribution in [0.15, 0.2) is 35.4 Å². The van der Waals surface area contributed by atoms with Crippen LogP contribution >= 0.6 is 11.3 Å². The second kappa shape index (κ2) is 8.81. The molecule has 0 aliphatic heterocycles. The molecule has 27 heavy (non-hydrogen) atoms. The molecule has 0 fully saturated rings. The normalized spacial score (nSPS) is 16.1. The van der Waals surface area contributed by atoms with Crippen molar-refractivity contribution < 1.29 is 19.4 Å². The fourth-order valence-corrected chi connectivity index (χ4v) is 4.17. The molecule has 6 nitrogen and oxygen atoms in total. The summed E-state index contributed by atoms with van der Waals surface area (Å²) < 4.78 is 5.07. The second-order valence-corrected chi connectivity index (χ2v) is 7.66. The van der Waals surface area contributed by atoms with E-state index in [1.165, 1.54) is 23.3 Å². The van der Waals surface area contributed by atoms with E-state index in [4.69, 9.17) is 9.84 Å². The smallest absolute Gasteiger partial charge is 0.341 e. The Hall–Kier alpha value is -2.67. The molecule has 0 radical (unpaired) electrons. The van der Waals surface area contributed by atoms with E-state index in [9.17, 15) is 9.59 Å². The van der Waals surface area contributed by atoms with Crippen LogP contribution in [0.3, 0.4) is 0 Å². The van der Waals surface area contributed by atoms with Crippen LogP contribution in [0.4, 0.5) is 0 Å². The zero-order valence-corrected chi connectivity index (χ0v) is 15.9. The summed E-state index contributed by atoms with van der Waals surface area (Å²) in [6, 6.07) is 8.79. The molecule has 1 aliphatic carbocycles. The number of fused-ring (bicyclic) bond motifs is 1. The van der Waals surface area contributed by atoms with E-state index in [0.717, 1.165) is 24.3 Å². The summed E-state index contributed by atoms with van der Waals surface area (Å²) in [5, 5.41) is 12.6. The van der Waals surface area contributed by atoms with Crippen LogP contribution in [-0.4, -0.2) is 29.8 Å². The van der Waals surface area contributed by atoms with Crippen molar-refractivity contribution in [2.45, 2.75) is 32.6 Å². The maximum atomic E-state index is 12.3. The molecule has 1 aromatic heterocycles. The molecule has 2 aromatic rings. The van der Waals surface area contributed by atoms with Crippen molar-refractivity contribution in [2.24, 2.45) is 11.0 Å². The molecule has 2 N–H and O–H groups in total. The number of ether oxygens (including phenoxy) is 1. The third-order valence-electron chi connectivity index (χ3n) is 4.61. The summed E-state index contributed by atoms with van der Waals surface area (Å²) in [5.41, 5.74) is 4.65. The van der Waals surface area contributed by atoms with Crippen molar-refractivity contribution in [3.05, 3.63) is 51.2 Å². The van der Waals surface area contributed by atoms with Crippen molar-refractivity contribution in [1.82, 2.24) is 5.43 Å². The number of aliphatic carboxylic acids is 1. The highest BCUT2D eigenvalue weighted by Gasteiger charge is 2.21. The highest BCUT2D eigenvalue weighted by atomic mass is 32.1. The lowest BCUT2D eigenvalue weighted by molar-refractivity contribution is -0.139. The molecule has 0 saturated heterocycles. The Morgan fingerprint density at radius 3 is 2.85 bits per heavy atom. The first-order valence-corrected chi connectivity index (χ1v) is 9.76. The van der Waals surface area contributed by atoms with Gasteiger partial charge in [-0.05, 0) is 66.6 Å². The van der Waals surface area contributed by atoms with Crippen LogP contribution in [0.5, 0.6) is 5.75 Å². The van der Waals surface area contributed by atoms with E-state index in [1.807, 2.05) is 6.07 Å². The Kier molecular flexibility index (Phi) is 6.24. The van der Waals surface area contributed by atoms with Gasteiger partial charge in [0.1, 0.15) is 5.75 Å². The first kappa shape index (κ1) is 19.1. The van der Waals surface area contributed by atoms with Gasteiger partial charge in [0.2, 0.25) is 0 Å². The van der Waals surface area contributed by atoms with E-state index in [1.54, 1.807) is 41.8 Å². The van der Waals surface area contributed by atoms with Crippen LogP contribution in [0.25, 0.3) is 0 Å². The first-order chi connectivity index (χ1) is 13.0. The Balaban J connectivity index is 1.54. The lowest BCUT2D eigenvalue weighted by atomic mass is 9.87. The number of carbonyl (C=O) groups excluding carboxylic acids is 1. The SMILES string of the molecule is CC[C@@H]1CCc2sc(C(=O)N/N=C\c3ccc(OCC(=O)O)cc3)cc2C1. The summed E-state index contributed by atoms with van der Waals surface area (Å²) in [6.45, 7) is 1.84. The number of carbonyl (C=O) groups is 2. The van der Waals surface area contributed by atoms with Crippen LogP contribution in [0.2, 0.25) is 0 Å². The second-order valence-electron chi connectivity index (χ2n) is 6.53. The number of nitrogens with one attached hydrogen (secondary N) is 1. The predicted octanol–water partition coefficient (Wildman–Crippen LogP) is 3.49. The van der Waals surface area contributed by atoms with Crippen LogP contribution in [0.1, 0.15) is 45.4 Å². The van der Waals surface area contributed by atoms with Crippen molar-refractivity contribution in [3.63, 3.8) is 0 Å². The summed E-state index contributed by atoms with van der Waals surface area (Å²) in [7, 11) is 0. The summed E-state index contributed by atoms with van der Waals surface area (Å²) >= 11 is 1.56. The third kappa shape index (κ3) is 5.17. The lowest BCUT2D eigenvalue weighted by Gasteiger charge is -2.19. The van der Waals surface area contributed by atoms with Crippen molar-refractivity contribution in [2.75, 3.05) is 6.61 Å². The molecule has 7 heteroatoms. The summed E-state index contributed by atoms with van der Waals surface area (Å²) in [6.07, 6.45) is 6.05. The molecular weight excluding hydrogens is 364 g/mol. The van der Waals surface area contributed by atoms with Gasteiger partial charge < -0.3 is 9.84 Å². The number of nitrogens with zero attached hydrogens (tertiary/aromatic N) is 1. The zero-order valence-electron chi connectivity index (χ0n) is 15.1. The number of rotatable bonds is 7. The Morgan fingerprint density at radius 2 is 2.15 bits per heavy atom. The number of thiophene rings is 1. The average Bonchev–Trinajstić information content (AvgIpc) is 3.10. The molecule has 1 amide bonds. The van der Waals surface area contributed by atoms with Gasteiger partial charge in [-0.15, -0.1) is 11.3 Å². The highest BCUT2D eigenvalue weighted by molar-refractivity contribution is 7.14. The number of hydrogen-bond acceptors (Lipinski definition) is 5.